The molecule has 21 heavy (non-hydrogen) atoms. The molecule has 4 heteroatoms. The molecule has 0 fully saturated rings. The fraction of sp³-hybridized carbons (Fsp3) is 0.353. The molecule has 0 radical (unpaired) electrons. The Balaban J connectivity index is 2.09. The lowest BCUT2D eigenvalue weighted by Crippen LogP contribution is -2.19. The maximum absolute atomic E-state index is 5.40. The van der Waals surface area contributed by atoms with Crippen LogP contribution >= 0.6 is 0 Å². The molecule has 0 saturated carbocycles. The fourth-order valence-electron chi connectivity index (χ4n) is 2.28. The number of nitrogens with one attached hydrogen (secondary N) is 1. The molecule has 0 bridgehead atoms. The number of ether oxygens (including phenoxy) is 2. The summed E-state index contributed by atoms with van der Waals surface area (Å²) >= 11 is 0. The van der Waals surface area contributed by atoms with Gasteiger partial charge in [0, 0.05) is 24.8 Å². The second-order valence-electron chi connectivity index (χ2n) is 5.01. The van der Waals surface area contributed by atoms with Gasteiger partial charge in [-0.25, -0.2) is 0 Å². The van der Waals surface area contributed by atoms with Crippen molar-refractivity contribution in [1.82, 2.24) is 10.3 Å². The first-order valence-corrected chi connectivity index (χ1v) is 7.01. The van der Waals surface area contributed by atoms with E-state index in [0.29, 0.717) is 18.0 Å². The van der Waals surface area contributed by atoms with E-state index in [-0.39, 0.29) is 6.04 Å². The van der Waals surface area contributed by atoms with Crippen molar-refractivity contribution in [3.05, 3.63) is 53.3 Å². The highest BCUT2D eigenvalue weighted by atomic mass is 16.5. The first kappa shape index (κ1) is 15.3. The van der Waals surface area contributed by atoms with Gasteiger partial charge in [0.1, 0.15) is 0 Å². The van der Waals surface area contributed by atoms with E-state index in [1.165, 1.54) is 11.1 Å². The Hall–Kier alpha value is -2.07. The van der Waals surface area contributed by atoms with Gasteiger partial charge in [-0.3, -0.25) is 4.98 Å². The van der Waals surface area contributed by atoms with E-state index in [4.69, 9.17) is 9.47 Å². The van der Waals surface area contributed by atoms with Gasteiger partial charge < -0.3 is 14.8 Å². The summed E-state index contributed by atoms with van der Waals surface area (Å²) < 4.78 is 10.7. The fourth-order valence-corrected chi connectivity index (χ4v) is 2.28. The number of aryl methyl sites for hydroxylation is 1. The topological polar surface area (TPSA) is 43.4 Å². The first-order valence-electron chi connectivity index (χ1n) is 7.01. The molecule has 2 rings (SSSR count). The minimum absolute atomic E-state index is 0.239. The molecule has 1 aromatic heterocycles. The molecule has 2 aromatic rings. The van der Waals surface area contributed by atoms with Gasteiger partial charge in [0.2, 0.25) is 0 Å². The maximum atomic E-state index is 5.40. The van der Waals surface area contributed by atoms with E-state index in [9.17, 15) is 0 Å². The molecule has 0 spiro atoms. The van der Waals surface area contributed by atoms with Crippen LogP contribution in [0, 0.1) is 6.92 Å². The van der Waals surface area contributed by atoms with Gasteiger partial charge in [0.15, 0.2) is 11.5 Å². The quantitative estimate of drug-likeness (QED) is 0.885. The Labute approximate surface area is 126 Å². The molecule has 0 aliphatic rings. The van der Waals surface area contributed by atoms with Crippen molar-refractivity contribution in [1.29, 1.82) is 0 Å². The third kappa shape index (κ3) is 3.73. The molecule has 1 heterocycles. The van der Waals surface area contributed by atoms with E-state index in [2.05, 4.69) is 48.4 Å². The Morgan fingerprint density at radius 3 is 2.67 bits per heavy atom. The largest absolute Gasteiger partial charge is 0.493 e. The number of hydrogen-bond donors (Lipinski definition) is 1. The third-order valence-electron chi connectivity index (χ3n) is 3.48. The third-order valence-corrected chi connectivity index (χ3v) is 3.48. The average Bonchev–Trinajstić information content (AvgIpc) is 2.51. The van der Waals surface area contributed by atoms with Crippen LogP contribution in [0.1, 0.15) is 29.8 Å². The zero-order valence-electron chi connectivity index (χ0n) is 13.0. The summed E-state index contributed by atoms with van der Waals surface area (Å²) in [5, 5.41) is 3.47. The summed E-state index contributed by atoms with van der Waals surface area (Å²) in [7, 11) is 3.26. The van der Waals surface area contributed by atoms with Gasteiger partial charge in [-0.2, -0.15) is 0 Å². The smallest absolute Gasteiger partial charge is 0.183 e. The maximum Gasteiger partial charge on any atom is 0.183 e. The van der Waals surface area contributed by atoms with Gasteiger partial charge in [-0.1, -0.05) is 29.8 Å². The zero-order chi connectivity index (χ0) is 15.2. The van der Waals surface area contributed by atoms with Crippen LogP contribution in [-0.4, -0.2) is 19.2 Å². The molecular formula is C17H22N2O2. The van der Waals surface area contributed by atoms with E-state index >= 15 is 0 Å². The van der Waals surface area contributed by atoms with Gasteiger partial charge in [0.25, 0.3) is 0 Å². The van der Waals surface area contributed by atoms with Crippen molar-refractivity contribution in [2.24, 2.45) is 0 Å². The minimum Gasteiger partial charge on any atom is -0.493 e. The lowest BCUT2D eigenvalue weighted by Gasteiger charge is -2.16. The van der Waals surface area contributed by atoms with Crippen LogP contribution in [0.2, 0.25) is 0 Å². The Morgan fingerprint density at radius 2 is 2.00 bits per heavy atom. The highest BCUT2D eigenvalue weighted by molar-refractivity contribution is 5.42. The number of aromatic nitrogens is 1. The highest BCUT2D eigenvalue weighted by Crippen LogP contribution is 2.29. The summed E-state index contributed by atoms with van der Waals surface area (Å²) in [6.07, 6.45) is 1.73. The Bertz CT molecular complexity index is 599. The van der Waals surface area contributed by atoms with Crippen LogP contribution in [0.25, 0.3) is 0 Å². The van der Waals surface area contributed by atoms with Crippen molar-refractivity contribution in [3.8, 4) is 11.5 Å². The summed E-state index contributed by atoms with van der Waals surface area (Å²) in [6.45, 7) is 4.86. The van der Waals surface area contributed by atoms with Crippen molar-refractivity contribution in [3.63, 3.8) is 0 Å². The lowest BCUT2D eigenvalue weighted by molar-refractivity contribution is 0.347. The molecule has 1 atom stereocenters. The molecular weight excluding hydrogens is 264 g/mol. The second-order valence-corrected chi connectivity index (χ2v) is 5.01. The summed E-state index contributed by atoms with van der Waals surface area (Å²) in [4.78, 5) is 4.37. The van der Waals surface area contributed by atoms with Crippen molar-refractivity contribution in [2.45, 2.75) is 26.4 Å². The molecule has 0 saturated heterocycles. The number of rotatable bonds is 6. The predicted molar refractivity (Wildman–Crippen MR) is 83.8 cm³/mol. The van der Waals surface area contributed by atoms with Crippen molar-refractivity contribution >= 4 is 0 Å². The van der Waals surface area contributed by atoms with Crippen LogP contribution in [0.3, 0.4) is 0 Å². The Morgan fingerprint density at radius 1 is 1.19 bits per heavy atom. The van der Waals surface area contributed by atoms with Crippen LogP contribution in [-0.2, 0) is 6.54 Å². The van der Waals surface area contributed by atoms with E-state index in [0.717, 1.165) is 5.69 Å². The van der Waals surface area contributed by atoms with Gasteiger partial charge >= 0.3 is 0 Å². The number of hydrogen-bond acceptors (Lipinski definition) is 4. The first-order chi connectivity index (χ1) is 10.2. The SMILES string of the molecule is COc1ccnc(CN[C@@H](C)c2cccc(C)c2)c1OC. The van der Waals surface area contributed by atoms with Gasteiger partial charge in [0.05, 0.1) is 19.9 Å². The van der Waals surface area contributed by atoms with Crippen molar-refractivity contribution < 1.29 is 9.47 Å². The molecule has 1 N–H and O–H groups in total. The zero-order valence-corrected chi connectivity index (χ0v) is 13.0. The van der Waals surface area contributed by atoms with E-state index in [1.807, 2.05) is 0 Å². The summed E-state index contributed by atoms with van der Waals surface area (Å²) in [5.74, 6) is 1.39. The average molecular weight is 286 g/mol. The second kappa shape index (κ2) is 7.09. The van der Waals surface area contributed by atoms with Crippen LogP contribution < -0.4 is 14.8 Å². The number of methoxy groups -OCH3 is 2. The molecule has 0 amide bonds. The molecule has 0 aliphatic carbocycles. The van der Waals surface area contributed by atoms with Crippen molar-refractivity contribution in [2.75, 3.05) is 14.2 Å². The molecule has 112 valence electrons. The van der Waals surface area contributed by atoms with Crippen LogP contribution in [0.15, 0.2) is 36.5 Å². The standard InChI is InChI=1S/C17H22N2O2/c1-12-6-5-7-14(10-12)13(2)19-11-15-17(21-4)16(20-3)8-9-18-15/h5-10,13,19H,11H2,1-4H3/t13-/m0/s1. The Kier molecular flexibility index (Phi) is 5.17. The van der Waals surface area contributed by atoms with E-state index in [1.54, 1.807) is 26.5 Å². The van der Waals surface area contributed by atoms with Crippen LogP contribution in [0.4, 0.5) is 0 Å². The minimum atomic E-state index is 0.239. The molecule has 0 unspecified atom stereocenters. The van der Waals surface area contributed by atoms with Gasteiger partial charge in [-0.05, 0) is 19.4 Å². The predicted octanol–water partition coefficient (Wildman–Crippen LogP) is 3.26. The highest BCUT2D eigenvalue weighted by Gasteiger charge is 2.12. The normalized spacial score (nSPS) is 12.0. The molecule has 4 nitrogen and oxygen atoms in total. The van der Waals surface area contributed by atoms with Crippen LogP contribution in [0.5, 0.6) is 11.5 Å². The summed E-state index contributed by atoms with van der Waals surface area (Å²) in [6, 6.07) is 10.5. The summed E-state index contributed by atoms with van der Waals surface area (Å²) in [5.41, 5.74) is 3.37. The van der Waals surface area contributed by atoms with Gasteiger partial charge in [-0.15, -0.1) is 0 Å². The molecule has 0 aliphatic heterocycles. The lowest BCUT2D eigenvalue weighted by atomic mass is 10.1. The molecule has 1 aromatic carbocycles. The van der Waals surface area contributed by atoms with E-state index < -0.39 is 0 Å². The number of pyridine rings is 1. The number of benzene rings is 1. The number of nitrogens with zero attached hydrogens (tertiary/aromatic N) is 1. The monoisotopic (exact) mass is 286 g/mol.